The molecule has 63 heavy (non-hydrogen) atoms. The van der Waals surface area contributed by atoms with Crippen LogP contribution in [0.3, 0.4) is 0 Å². The molecular weight excluding hydrogens is 936 g/mol. The molecule has 1 aromatic heterocycles. The van der Waals surface area contributed by atoms with E-state index in [0.29, 0.717) is 20.6 Å². The number of nitrogens with one attached hydrogen (secondary N) is 1. The number of hydrogen-bond donors (Lipinski definition) is 1. The molecule has 1 unspecified atom stereocenters. The molecule has 0 aliphatic carbocycles. The molecule has 1 aliphatic heterocycles. The van der Waals surface area contributed by atoms with Gasteiger partial charge in [0, 0.05) is 31.0 Å². The van der Waals surface area contributed by atoms with E-state index in [4.69, 9.17) is 32.7 Å². The van der Waals surface area contributed by atoms with Crippen LogP contribution in [0.4, 0.5) is 5.82 Å². The van der Waals surface area contributed by atoms with Gasteiger partial charge in [0.05, 0.1) is 43.5 Å². The minimum absolute atomic E-state index is 0.00470. The smallest absolute Gasteiger partial charge is 0.351 e. The molecule has 5 atom stereocenters. The Morgan fingerprint density at radius 1 is 0.873 bits per heavy atom. The molecule has 1 N–H and O–H groups in total. The van der Waals surface area contributed by atoms with Crippen LogP contribution in [0.15, 0.2) is 120 Å². The third-order valence-corrected chi connectivity index (χ3v) is 13.4. The first-order valence-electron chi connectivity index (χ1n) is 20.5. The van der Waals surface area contributed by atoms with Gasteiger partial charge in [0.1, 0.15) is 35.4 Å². The fourth-order valence-electron chi connectivity index (χ4n) is 7.61. The molecule has 0 bridgehead atoms. The molecule has 16 heteroatoms. The van der Waals surface area contributed by atoms with E-state index in [1.165, 1.54) is 11.7 Å². The molecule has 5 aromatic rings. The third-order valence-electron chi connectivity index (χ3n) is 10.5. The van der Waals surface area contributed by atoms with Crippen LogP contribution in [0.2, 0.25) is 0 Å². The quantitative estimate of drug-likeness (QED) is 0.0343. The molecule has 4 aromatic carbocycles. The first kappa shape index (κ1) is 47.7. The van der Waals surface area contributed by atoms with Crippen LogP contribution >= 0.6 is 31.1 Å². The summed E-state index contributed by atoms with van der Waals surface area (Å²) in [5.41, 5.74) is 0.988. The number of amides is 1. The van der Waals surface area contributed by atoms with Crippen molar-refractivity contribution in [1.82, 2.24) is 14.2 Å². The van der Waals surface area contributed by atoms with Gasteiger partial charge in [0.2, 0.25) is 0 Å². The second-order valence-corrected chi connectivity index (χ2v) is 17.7. The van der Waals surface area contributed by atoms with Gasteiger partial charge in [-0.05, 0) is 103 Å². The maximum Gasteiger partial charge on any atom is 0.351 e. The van der Waals surface area contributed by atoms with Crippen molar-refractivity contribution in [3.05, 3.63) is 152 Å². The maximum absolute atomic E-state index is 14.0. The zero-order chi connectivity index (χ0) is 45.1. The first-order chi connectivity index (χ1) is 30.4. The molecule has 0 spiro atoms. The van der Waals surface area contributed by atoms with Crippen LogP contribution in [-0.4, -0.2) is 85.1 Å². The van der Waals surface area contributed by atoms with Crippen molar-refractivity contribution in [3.8, 4) is 17.6 Å². The number of methoxy groups -OCH3 is 3. The van der Waals surface area contributed by atoms with Crippen molar-refractivity contribution in [2.24, 2.45) is 0 Å². The van der Waals surface area contributed by atoms with Crippen LogP contribution in [0.25, 0.3) is 0 Å². The van der Waals surface area contributed by atoms with E-state index < -0.39 is 50.3 Å². The molecule has 1 aliphatic rings. The fourth-order valence-corrected chi connectivity index (χ4v) is 9.93. The number of nitriles is 1. The van der Waals surface area contributed by atoms with Gasteiger partial charge in [0.25, 0.3) is 14.4 Å². The minimum Gasteiger partial charge on any atom is -0.497 e. The fraction of sp³-hybridized carbons (Fsp3) is 0.362. The molecule has 6 rings (SSSR count). The number of halogens is 1. The van der Waals surface area contributed by atoms with E-state index in [1.54, 1.807) is 44.7 Å². The largest absolute Gasteiger partial charge is 0.497 e. The summed E-state index contributed by atoms with van der Waals surface area (Å²) in [6.07, 6.45) is -1.96. The lowest BCUT2D eigenvalue weighted by molar-refractivity contribution is -0.0957. The van der Waals surface area contributed by atoms with Crippen molar-refractivity contribution < 1.29 is 37.5 Å². The number of aromatic nitrogens is 2. The summed E-state index contributed by atoms with van der Waals surface area (Å²) >= 11 is 2.03. The first-order valence-corrected chi connectivity index (χ1v) is 22.7. The number of hydrogen-bond acceptors (Lipinski definition) is 12. The number of rotatable bonds is 20. The lowest BCUT2D eigenvalue weighted by Crippen LogP contribution is -2.43. The van der Waals surface area contributed by atoms with E-state index >= 15 is 0 Å². The van der Waals surface area contributed by atoms with Gasteiger partial charge in [-0.1, -0.05) is 72.8 Å². The number of carbonyl (C=O) groups excluding carboxylic acids is 1. The average molecular weight is 990 g/mol. The van der Waals surface area contributed by atoms with E-state index in [-0.39, 0.29) is 37.5 Å². The topological polar surface area (TPSA) is 156 Å². The van der Waals surface area contributed by atoms with Gasteiger partial charge in [-0.25, -0.2) is 9.46 Å². The second-order valence-electron chi connectivity index (χ2n) is 15.1. The van der Waals surface area contributed by atoms with Crippen LogP contribution in [0, 0.1) is 14.9 Å². The van der Waals surface area contributed by atoms with Gasteiger partial charge in [0.15, 0.2) is 12.0 Å². The highest BCUT2D eigenvalue weighted by Gasteiger charge is 2.51. The predicted molar refractivity (Wildman–Crippen MR) is 249 cm³/mol. The monoisotopic (exact) mass is 989 g/mol. The number of carbonyl (C=O) groups is 1. The lowest BCUT2D eigenvalue weighted by atomic mass is 9.80. The van der Waals surface area contributed by atoms with E-state index in [9.17, 15) is 14.9 Å². The van der Waals surface area contributed by atoms with Gasteiger partial charge in [-0.3, -0.25) is 9.36 Å². The third kappa shape index (κ3) is 11.0. The Bertz CT molecular complexity index is 2290. The maximum atomic E-state index is 14.0. The number of anilines is 1. The highest BCUT2D eigenvalue weighted by atomic mass is 127. The molecule has 2 heterocycles. The zero-order valence-electron chi connectivity index (χ0n) is 36.3. The van der Waals surface area contributed by atoms with Gasteiger partial charge < -0.3 is 38.0 Å². The Labute approximate surface area is 383 Å². The van der Waals surface area contributed by atoms with E-state index in [1.807, 2.05) is 108 Å². The highest BCUT2D eigenvalue weighted by Crippen LogP contribution is 2.51. The van der Waals surface area contributed by atoms with Gasteiger partial charge in [-0.15, -0.1) is 0 Å². The lowest BCUT2D eigenvalue weighted by Gasteiger charge is -2.39. The van der Waals surface area contributed by atoms with Gasteiger partial charge in [-0.2, -0.15) is 10.2 Å². The summed E-state index contributed by atoms with van der Waals surface area (Å²) in [4.78, 5) is 31.4. The van der Waals surface area contributed by atoms with Gasteiger partial charge >= 0.3 is 5.69 Å². The van der Waals surface area contributed by atoms with Crippen molar-refractivity contribution >= 4 is 42.8 Å². The number of nitrogens with zero attached hydrogens (tertiary/aromatic N) is 4. The summed E-state index contributed by atoms with van der Waals surface area (Å²) in [5, 5.41) is 12.2. The Hall–Kier alpha value is -4.76. The van der Waals surface area contributed by atoms with Crippen molar-refractivity contribution in [3.63, 3.8) is 0 Å². The molecule has 0 radical (unpaired) electrons. The molecule has 14 nitrogen and oxygen atoms in total. The van der Waals surface area contributed by atoms with Crippen LogP contribution in [0.5, 0.6) is 11.5 Å². The molecular formula is C47H53IN5O9P. The molecule has 1 saturated heterocycles. The summed E-state index contributed by atoms with van der Waals surface area (Å²) in [6.45, 7) is 8.28. The van der Waals surface area contributed by atoms with Crippen molar-refractivity contribution in [2.75, 3.05) is 39.9 Å². The Balaban J connectivity index is 1.46. The normalized spacial score (nSPS) is 18.1. The molecule has 332 valence electrons. The van der Waals surface area contributed by atoms with Crippen LogP contribution in [0.1, 0.15) is 67.4 Å². The van der Waals surface area contributed by atoms with Crippen molar-refractivity contribution in [2.45, 2.75) is 76.3 Å². The number of ether oxygens (including phenoxy) is 5. The number of benzene rings is 4. The summed E-state index contributed by atoms with van der Waals surface area (Å²) in [7, 11) is 2.95. The Kier molecular flexibility index (Phi) is 16.8. The molecule has 1 fully saturated rings. The minimum atomic E-state index is -1.82. The summed E-state index contributed by atoms with van der Waals surface area (Å²) in [5.74, 6) is 1.06. The van der Waals surface area contributed by atoms with E-state index in [2.05, 4.69) is 48.7 Å². The standard InChI is InChI=1S/C47H53IN5O9P/c1-31(2)53(32(3)4)63(60-28-14-27-49)62-41-40(61-45(42(41)58-7)52-29-39(48)43(51-46(52)55)50-44(54)33-15-10-8-11-16-33)30-59-47(34-17-12-9-13-18-34,35-19-23-37(56-5)24-20-35)36-21-25-38(57-6)26-22-36/h8-13,15-26,29,31-32,40-42,45H,14,28,30H2,1-7H3,(H,50,51,54,55)/t40-,41+,42-,45-,63?/m1/s1. The molecule has 1 amide bonds. The van der Waals surface area contributed by atoms with Crippen molar-refractivity contribution in [1.29, 1.82) is 5.26 Å². The molecule has 0 saturated carbocycles. The Morgan fingerprint density at radius 2 is 1.43 bits per heavy atom. The highest BCUT2D eigenvalue weighted by molar-refractivity contribution is 14.1. The van der Waals surface area contributed by atoms with Crippen LogP contribution < -0.4 is 20.5 Å². The Morgan fingerprint density at radius 3 is 1.95 bits per heavy atom. The predicted octanol–water partition coefficient (Wildman–Crippen LogP) is 8.70. The average Bonchev–Trinajstić information content (AvgIpc) is 3.64. The SMILES string of the molecule is COc1ccc(C(OC[C@H]2O[C@@H](n3cc(I)c(NC(=O)c4ccccc4)nc3=O)[C@H](OC)[C@H]2OP(OCCC#N)N(C(C)C)C(C)C)(c2ccccc2)c2ccc(OC)cc2)cc1. The summed E-state index contributed by atoms with van der Waals surface area (Å²) in [6, 6.07) is 36.1. The van der Waals surface area contributed by atoms with Crippen LogP contribution in [-0.2, 0) is 28.9 Å². The zero-order valence-corrected chi connectivity index (χ0v) is 39.4. The van der Waals surface area contributed by atoms with E-state index in [0.717, 1.165) is 16.7 Å². The summed E-state index contributed by atoms with van der Waals surface area (Å²) < 4.78 is 49.0. The second kappa shape index (κ2) is 22.2.